The number of esters is 2. The number of para-hydroxylation sites is 4. The first-order valence-corrected chi connectivity index (χ1v) is 22.6. The van der Waals surface area contributed by atoms with Crippen LogP contribution in [0, 0.1) is 0 Å². The molecule has 0 saturated carbocycles. The molecule has 0 unspecified atom stereocenters. The molecule has 0 bridgehead atoms. The highest BCUT2D eigenvalue weighted by molar-refractivity contribution is 5.91. The number of carbonyl (C=O) groups excluding carboxylic acids is 2. The number of rotatable bonds is 15. The van der Waals surface area contributed by atoms with Crippen molar-refractivity contribution in [2.45, 2.75) is 13.8 Å². The Bertz CT molecular complexity index is 2920. The van der Waals surface area contributed by atoms with Crippen molar-refractivity contribution >= 4 is 63.1 Å². The minimum Gasteiger partial charge on any atom is -0.423 e. The van der Waals surface area contributed by atoms with Crippen LogP contribution in [0.5, 0.6) is 11.5 Å². The monoisotopic (exact) mass is 899 g/mol. The molecular formula is C62H49N3O4. The Morgan fingerprint density at radius 2 is 0.522 bits per heavy atom. The van der Waals surface area contributed by atoms with Gasteiger partial charge in [0.2, 0.25) is 0 Å². The van der Waals surface area contributed by atoms with Gasteiger partial charge in [0.1, 0.15) is 11.5 Å². The first kappa shape index (κ1) is 45.0. The lowest BCUT2D eigenvalue weighted by atomic mass is 10.0. The molecule has 9 aromatic carbocycles. The maximum Gasteiger partial charge on any atom is 0.338 e. The molecule has 69 heavy (non-hydrogen) atoms. The maximum atomic E-state index is 12.2. The van der Waals surface area contributed by atoms with Gasteiger partial charge in [0.05, 0.1) is 17.1 Å². The van der Waals surface area contributed by atoms with Crippen molar-refractivity contribution in [3.05, 3.63) is 261 Å². The summed E-state index contributed by atoms with van der Waals surface area (Å²) in [6.45, 7) is 10.7. The molecule has 0 saturated heterocycles. The van der Waals surface area contributed by atoms with E-state index >= 15 is 0 Å². The first-order chi connectivity index (χ1) is 33.7. The Morgan fingerprint density at radius 3 is 0.754 bits per heavy atom. The summed E-state index contributed by atoms with van der Waals surface area (Å²) in [5.74, 6) is -0.0107. The summed E-state index contributed by atoms with van der Waals surface area (Å²) in [5.41, 5.74) is 13.4. The van der Waals surface area contributed by atoms with E-state index in [9.17, 15) is 9.59 Å². The number of benzene rings is 9. The largest absolute Gasteiger partial charge is 0.423 e. The SMILES string of the molecule is C=C(C)C(=O)Oc1ccc(-c2ccc(N(c3ccc(-c4ccc(OC(=O)C(=C)C)cc4)cc3)c3cc(N(c4ccccc4)c4ccccc4)cc(N(c4ccccc4)c4ccccc4)c3)cc2)cc1. The molecule has 0 aliphatic heterocycles. The third-order valence-corrected chi connectivity index (χ3v) is 11.5. The lowest BCUT2D eigenvalue weighted by Gasteiger charge is -2.33. The highest BCUT2D eigenvalue weighted by atomic mass is 16.5. The van der Waals surface area contributed by atoms with Crippen LogP contribution in [0.3, 0.4) is 0 Å². The fourth-order valence-corrected chi connectivity index (χ4v) is 8.04. The predicted molar refractivity (Wildman–Crippen MR) is 282 cm³/mol. The average molecular weight is 900 g/mol. The predicted octanol–water partition coefficient (Wildman–Crippen LogP) is 16.4. The first-order valence-electron chi connectivity index (χ1n) is 22.6. The summed E-state index contributed by atoms with van der Waals surface area (Å²) in [5, 5.41) is 0. The van der Waals surface area contributed by atoms with Gasteiger partial charge in [0.15, 0.2) is 0 Å². The van der Waals surface area contributed by atoms with E-state index in [1.165, 1.54) is 0 Å². The van der Waals surface area contributed by atoms with Crippen LogP contribution in [0.15, 0.2) is 261 Å². The molecular weight excluding hydrogens is 851 g/mol. The minimum atomic E-state index is -0.460. The van der Waals surface area contributed by atoms with Gasteiger partial charge in [-0.1, -0.05) is 134 Å². The van der Waals surface area contributed by atoms with Gasteiger partial charge in [-0.05, 0) is 151 Å². The van der Waals surface area contributed by atoms with Crippen LogP contribution in [0.1, 0.15) is 13.8 Å². The van der Waals surface area contributed by atoms with Gasteiger partial charge < -0.3 is 24.2 Å². The van der Waals surface area contributed by atoms with Crippen LogP contribution in [0.2, 0.25) is 0 Å². The number of carbonyl (C=O) groups is 2. The van der Waals surface area contributed by atoms with Crippen LogP contribution in [-0.2, 0) is 9.59 Å². The van der Waals surface area contributed by atoms with Gasteiger partial charge in [-0.15, -0.1) is 0 Å². The topological polar surface area (TPSA) is 62.3 Å². The molecule has 7 heteroatoms. The lowest BCUT2D eigenvalue weighted by Crippen LogP contribution is -2.16. The zero-order valence-corrected chi connectivity index (χ0v) is 38.4. The number of hydrogen-bond donors (Lipinski definition) is 0. The van der Waals surface area contributed by atoms with E-state index in [1.54, 1.807) is 38.1 Å². The second-order valence-corrected chi connectivity index (χ2v) is 16.5. The summed E-state index contributed by atoms with van der Waals surface area (Å²) < 4.78 is 10.9. The molecule has 0 aromatic heterocycles. The molecule has 7 nitrogen and oxygen atoms in total. The fourth-order valence-electron chi connectivity index (χ4n) is 8.04. The van der Waals surface area contributed by atoms with E-state index in [0.717, 1.165) is 73.4 Å². The Morgan fingerprint density at radius 1 is 0.304 bits per heavy atom. The molecule has 0 aliphatic carbocycles. The number of ether oxygens (including phenoxy) is 2. The van der Waals surface area contributed by atoms with Gasteiger partial charge in [0.25, 0.3) is 0 Å². The average Bonchev–Trinajstić information content (AvgIpc) is 3.39. The second-order valence-electron chi connectivity index (χ2n) is 16.5. The maximum absolute atomic E-state index is 12.2. The van der Waals surface area contributed by atoms with E-state index in [1.807, 2.05) is 48.5 Å². The van der Waals surface area contributed by atoms with E-state index in [4.69, 9.17) is 9.47 Å². The molecule has 0 fully saturated rings. The van der Waals surface area contributed by atoms with Crippen molar-refractivity contribution in [3.63, 3.8) is 0 Å². The molecule has 0 spiro atoms. The van der Waals surface area contributed by atoms with Gasteiger partial charge >= 0.3 is 11.9 Å². The van der Waals surface area contributed by atoms with Gasteiger partial charge in [-0.2, -0.15) is 0 Å². The summed E-state index contributed by atoms with van der Waals surface area (Å²) in [6.07, 6.45) is 0. The van der Waals surface area contributed by atoms with Crippen molar-refractivity contribution in [1.29, 1.82) is 0 Å². The third kappa shape index (κ3) is 10.4. The highest BCUT2D eigenvalue weighted by Crippen LogP contribution is 2.46. The van der Waals surface area contributed by atoms with E-state index < -0.39 is 11.9 Å². The smallest absolute Gasteiger partial charge is 0.338 e. The Hall–Kier alpha value is -9.20. The molecule has 0 N–H and O–H groups in total. The van der Waals surface area contributed by atoms with E-state index in [0.29, 0.717) is 22.6 Å². The Labute approximate surface area is 403 Å². The highest BCUT2D eigenvalue weighted by Gasteiger charge is 2.22. The molecule has 0 amide bonds. The quantitative estimate of drug-likeness (QED) is 0.0577. The molecule has 0 aliphatic rings. The van der Waals surface area contributed by atoms with Crippen molar-refractivity contribution in [2.24, 2.45) is 0 Å². The zero-order valence-electron chi connectivity index (χ0n) is 38.4. The summed E-state index contributed by atoms with van der Waals surface area (Å²) in [7, 11) is 0. The molecule has 0 atom stereocenters. The van der Waals surface area contributed by atoms with Crippen LogP contribution in [-0.4, -0.2) is 11.9 Å². The van der Waals surface area contributed by atoms with Gasteiger partial charge in [-0.3, -0.25) is 0 Å². The third-order valence-electron chi connectivity index (χ3n) is 11.5. The normalized spacial score (nSPS) is 10.7. The molecule has 9 aromatic rings. The van der Waals surface area contributed by atoms with Crippen molar-refractivity contribution < 1.29 is 19.1 Å². The molecule has 336 valence electrons. The van der Waals surface area contributed by atoms with E-state index in [2.05, 4.69) is 192 Å². The number of anilines is 9. The summed E-state index contributed by atoms with van der Waals surface area (Å²) in [6, 6.07) is 80.4. The molecule has 0 radical (unpaired) electrons. The summed E-state index contributed by atoms with van der Waals surface area (Å²) >= 11 is 0. The van der Waals surface area contributed by atoms with Gasteiger partial charge in [0, 0.05) is 45.3 Å². The standard InChI is InChI=1S/C62H49N3O4/c1-44(2)61(66)68-59-37-29-48(30-38-59)46-25-33-54(34-26-46)65(55-35-27-47(28-36-55)49-31-39-60(40-32-49)69-62(67)45(3)4)58-42-56(63(50-17-9-5-10-18-50)51-19-11-6-12-20-51)41-57(43-58)64(52-21-13-7-14-22-52)53-23-15-8-16-24-53/h5-43H,1,3H2,2,4H3. The second kappa shape index (κ2) is 20.5. The van der Waals surface area contributed by atoms with Crippen molar-refractivity contribution in [2.75, 3.05) is 14.7 Å². The fraction of sp³-hybridized carbons (Fsp3) is 0.0323. The van der Waals surface area contributed by atoms with Crippen LogP contribution >= 0.6 is 0 Å². The number of hydrogen-bond acceptors (Lipinski definition) is 7. The Kier molecular flexibility index (Phi) is 13.4. The van der Waals surface area contributed by atoms with Crippen LogP contribution < -0.4 is 24.2 Å². The zero-order chi connectivity index (χ0) is 47.7. The van der Waals surface area contributed by atoms with Gasteiger partial charge in [-0.25, -0.2) is 9.59 Å². The lowest BCUT2D eigenvalue weighted by molar-refractivity contribution is -0.130. The van der Waals surface area contributed by atoms with Crippen LogP contribution in [0.4, 0.5) is 51.2 Å². The number of nitrogens with zero attached hydrogens (tertiary/aromatic N) is 3. The van der Waals surface area contributed by atoms with Crippen molar-refractivity contribution in [3.8, 4) is 33.8 Å². The van der Waals surface area contributed by atoms with Crippen LogP contribution in [0.25, 0.3) is 22.3 Å². The minimum absolute atomic E-state index is 0.338. The van der Waals surface area contributed by atoms with E-state index in [-0.39, 0.29) is 0 Å². The molecule has 0 heterocycles. The Balaban J connectivity index is 1.21. The van der Waals surface area contributed by atoms with Crippen molar-refractivity contribution in [1.82, 2.24) is 0 Å². The summed E-state index contributed by atoms with van der Waals surface area (Å²) in [4.78, 5) is 31.3. The molecule has 9 rings (SSSR count).